The second-order valence-electron chi connectivity index (χ2n) is 9.71. The minimum Gasteiger partial charge on any atom is -0.433 e. The number of cyclic esters (lactones) is 1. The maximum Gasteiger partial charge on any atom is 0.340 e. The quantitative estimate of drug-likeness (QED) is 0.762. The predicted molar refractivity (Wildman–Crippen MR) is 107 cm³/mol. The van der Waals surface area contributed by atoms with Crippen LogP contribution >= 0.6 is 0 Å². The second-order valence-corrected chi connectivity index (χ2v) is 9.71. The molecule has 0 radical (unpaired) electrons. The van der Waals surface area contributed by atoms with Crippen LogP contribution in [0.1, 0.15) is 75.5 Å². The number of amides is 2. The van der Waals surface area contributed by atoms with Gasteiger partial charge in [-0.05, 0) is 53.0 Å². The van der Waals surface area contributed by atoms with Crippen molar-refractivity contribution in [1.29, 1.82) is 0 Å². The normalized spacial score (nSPS) is 28.2. The summed E-state index contributed by atoms with van der Waals surface area (Å²) in [6.45, 7) is 8.53. The van der Waals surface area contributed by atoms with Crippen LogP contribution in [-0.2, 0) is 14.3 Å². The molecule has 7 nitrogen and oxygen atoms in total. The summed E-state index contributed by atoms with van der Waals surface area (Å²) in [5.41, 5.74) is 0.920. The maximum atomic E-state index is 13.2. The van der Waals surface area contributed by atoms with Gasteiger partial charge in [-0.2, -0.15) is 0 Å². The number of benzene rings is 1. The molecule has 2 atom stereocenters. The van der Waals surface area contributed by atoms with Crippen LogP contribution < -0.4 is 10.6 Å². The zero-order valence-corrected chi connectivity index (χ0v) is 17.5. The molecule has 0 aromatic heterocycles. The first-order valence-electron chi connectivity index (χ1n) is 10.3. The largest absolute Gasteiger partial charge is 0.433 e. The number of hydrogen-bond acceptors (Lipinski definition) is 5. The summed E-state index contributed by atoms with van der Waals surface area (Å²) in [7, 11) is 0. The van der Waals surface area contributed by atoms with E-state index in [-0.39, 0.29) is 35.4 Å². The number of nitrogens with one attached hydrogen (secondary N) is 2. The molecule has 3 heterocycles. The number of esters is 1. The van der Waals surface area contributed by atoms with Gasteiger partial charge in [0.25, 0.3) is 0 Å². The first-order chi connectivity index (χ1) is 13.6. The highest BCUT2D eigenvalue weighted by Gasteiger charge is 2.47. The molecule has 0 bridgehead atoms. The van der Waals surface area contributed by atoms with E-state index in [1.807, 2.05) is 6.07 Å². The standard InChI is InChI=1S/C22H29N3O4/c1-21(2)11-13(12-22(3,4)24-21)23-18(27)16-9-10-17(26)25(16)19-14-7-5-6-8-15(14)20(28)29-19/h5-8,13,16,19,24H,9-12H2,1-4H3,(H,23,27)/t16-,19-/m0/s1. The van der Waals surface area contributed by atoms with Gasteiger partial charge < -0.3 is 15.4 Å². The van der Waals surface area contributed by atoms with E-state index in [4.69, 9.17) is 4.74 Å². The third-order valence-electron chi connectivity index (χ3n) is 6.01. The van der Waals surface area contributed by atoms with Crippen molar-refractivity contribution in [1.82, 2.24) is 15.5 Å². The molecule has 2 fully saturated rings. The highest BCUT2D eigenvalue weighted by Crippen LogP contribution is 2.38. The molecule has 2 N–H and O–H groups in total. The van der Waals surface area contributed by atoms with Crippen LogP contribution in [0.15, 0.2) is 24.3 Å². The van der Waals surface area contributed by atoms with Gasteiger partial charge in [0, 0.05) is 29.1 Å². The molecule has 1 aromatic rings. The monoisotopic (exact) mass is 399 g/mol. The molecule has 4 rings (SSSR count). The van der Waals surface area contributed by atoms with Crippen molar-refractivity contribution in [3.8, 4) is 0 Å². The van der Waals surface area contributed by atoms with Gasteiger partial charge in [0.1, 0.15) is 6.04 Å². The number of piperidine rings is 1. The lowest BCUT2D eigenvalue weighted by molar-refractivity contribution is -0.146. The number of carbonyl (C=O) groups excluding carboxylic acids is 3. The molecular formula is C22H29N3O4. The Kier molecular flexibility index (Phi) is 4.69. The summed E-state index contributed by atoms with van der Waals surface area (Å²) < 4.78 is 5.50. The number of likely N-dealkylation sites (tertiary alicyclic amines) is 1. The smallest absolute Gasteiger partial charge is 0.340 e. The van der Waals surface area contributed by atoms with Crippen LogP contribution in [0.2, 0.25) is 0 Å². The van der Waals surface area contributed by atoms with Crippen LogP contribution in [0.5, 0.6) is 0 Å². The van der Waals surface area contributed by atoms with Gasteiger partial charge in [-0.15, -0.1) is 0 Å². The van der Waals surface area contributed by atoms with E-state index in [2.05, 4.69) is 38.3 Å². The topological polar surface area (TPSA) is 87.7 Å². The summed E-state index contributed by atoms with van der Waals surface area (Å²) >= 11 is 0. The van der Waals surface area contributed by atoms with E-state index in [0.717, 1.165) is 12.8 Å². The maximum absolute atomic E-state index is 13.2. The van der Waals surface area contributed by atoms with Crippen LogP contribution in [0.3, 0.4) is 0 Å². The van der Waals surface area contributed by atoms with Gasteiger partial charge in [0.05, 0.1) is 5.56 Å². The fourth-order valence-corrected chi connectivity index (χ4v) is 5.31. The Balaban J connectivity index is 1.53. The van der Waals surface area contributed by atoms with Crippen molar-refractivity contribution < 1.29 is 19.1 Å². The minimum atomic E-state index is -0.828. The number of hydrogen-bond donors (Lipinski definition) is 2. The lowest BCUT2D eigenvalue weighted by Crippen LogP contribution is -2.63. The number of rotatable bonds is 3. The third-order valence-corrected chi connectivity index (χ3v) is 6.01. The van der Waals surface area contributed by atoms with E-state index in [1.165, 1.54) is 4.90 Å². The van der Waals surface area contributed by atoms with Crippen molar-refractivity contribution in [3.05, 3.63) is 35.4 Å². The first kappa shape index (κ1) is 19.9. The molecule has 2 saturated heterocycles. The molecule has 3 aliphatic rings. The molecule has 0 aliphatic carbocycles. The lowest BCUT2D eigenvalue weighted by atomic mass is 9.79. The SMILES string of the molecule is CC1(C)CC(NC(=O)[C@@H]2CCC(=O)N2[C@H]2OC(=O)c3ccccc32)CC(C)(C)N1. The second kappa shape index (κ2) is 6.83. The van der Waals surface area contributed by atoms with Crippen molar-refractivity contribution >= 4 is 17.8 Å². The summed E-state index contributed by atoms with van der Waals surface area (Å²) in [6.07, 6.45) is 1.50. The summed E-state index contributed by atoms with van der Waals surface area (Å²) in [5.74, 6) is -0.785. The Morgan fingerprint density at radius 3 is 2.48 bits per heavy atom. The van der Waals surface area contributed by atoms with Crippen molar-refractivity contribution in [3.63, 3.8) is 0 Å². The number of nitrogens with zero attached hydrogens (tertiary/aromatic N) is 1. The molecule has 156 valence electrons. The number of carbonyl (C=O) groups is 3. The van der Waals surface area contributed by atoms with Crippen molar-refractivity contribution in [2.24, 2.45) is 0 Å². The van der Waals surface area contributed by atoms with E-state index < -0.39 is 18.2 Å². The van der Waals surface area contributed by atoms with Gasteiger partial charge in [-0.1, -0.05) is 18.2 Å². The van der Waals surface area contributed by atoms with E-state index >= 15 is 0 Å². The fraction of sp³-hybridized carbons (Fsp3) is 0.591. The van der Waals surface area contributed by atoms with Crippen molar-refractivity contribution in [2.75, 3.05) is 0 Å². The fourth-order valence-electron chi connectivity index (χ4n) is 5.31. The summed E-state index contributed by atoms with van der Waals surface area (Å²) in [4.78, 5) is 39.5. The first-order valence-corrected chi connectivity index (χ1v) is 10.3. The summed E-state index contributed by atoms with van der Waals surface area (Å²) in [5, 5.41) is 6.78. The molecule has 29 heavy (non-hydrogen) atoms. The molecule has 0 spiro atoms. The molecule has 1 aromatic carbocycles. The molecule has 7 heteroatoms. The predicted octanol–water partition coefficient (Wildman–Crippen LogP) is 2.27. The van der Waals surface area contributed by atoms with E-state index in [9.17, 15) is 14.4 Å². The van der Waals surface area contributed by atoms with Gasteiger partial charge in [0.2, 0.25) is 18.0 Å². The lowest BCUT2D eigenvalue weighted by Gasteiger charge is -2.47. The Bertz CT molecular complexity index is 847. The highest BCUT2D eigenvalue weighted by molar-refractivity contribution is 5.96. The Morgan fingerprint density at radius 1 is 1.14 bits per heavy atom. The van der Waals surface area contributed by atoms with E-state index in [0.29, 0.717) is 17.5 Å². The Morgan fingerprint density at radius 2 is 1.79 bits per heavy atom. The third kappa shape index (κ3) is 3.75. The zero-order chi connectivity index (χ0) is 21.0. The average molecular weight is 399 g/mol. The summed E-state index contributed by atoms with van der Waals surface area (Å²) in [6, 6.07) is 6.43. The zero-order valence-electron chi connectivity index (χ0n) is 17.5. The van der Waals surface area contributed by atoms with Crippen LogP contribution in [0.4, 0.5) is 0 Å². The Hall–Kier alpha value is -2.41. The minimum absolute atomic E-state index is 0.0183. The highest BCUT2D eigenvalue weighted by atomic mass is 16.6. The Labute approximate surface area is 171 Å². The van der Waals surface area contributed by atoms with Gasteiger partial charge in [-0.25, -0.2) is 4.79 Å². The average Bonchev–Trinajstić information content (AvgIpc) is 3.12. The van der Waals surface area contributed by atoms with Gasteiger partial charge in [0.15, 0.2) is 0 Å². The van der Waals surface area contributed by atoms with Crippen LogP contribution in [-0.4, -0.2) is 45.8 Å². The molecular weight excluding hydrogens is 370 g/mol. The molecule has 3 aliphatic heterocycles. The molecule has 0 unspecified atom stereocenters. The number of fused-ring (bicyclic) bond motifs is 1. The van der Waals surface area contributed by atoms with E-state index in [1.54, 1.807) is 18.2 Å². The number of ether oxygens (including phenoxy) is 1. The van der Waals surface area contributed by atoms with Crippen LogP contribution in [0.25, 0.3) is 0 Å². The molecule has 0 saturated carbocycles. The van der Waals surface area contributed by atoms with Crippen LogP contribution in [0, 0.1) is 0 Å². The van der Waals surface area contributed by atoms with Gasteiger partial charge in [-0.3, -0.25) is 14.5 Å². The van der Waals surface area contributed by atoms with Gasteiger partial charge >= 0.3 is 5.97 Å². The van der Waals surface area contributed by atoms with Crippen molar-refractivity contribution in [2.45, 2.75) is 82.8 Å². The molecule has 2 amide bonds.